The van der Waals surface area contributed by atoms with Gasteiger partial charge in [0.15, 0.2) is 5.82 Å². The zero-order chi connectivity index (χ0) is 24.3. The van der Waals surface area contributed by atoms with Gasteiger partial charge in [-0.2, -0.15) is 0 Å². The molecule has 0 bridgehead atoms. The standard InChI is InChI=1S/C23H29BrN6O3S/c1-4-30-22(17(2)27-34(31,32)21-10-8-18(24)9-11-21)25-26-23(30)33-20-7-5-6-19(16-20)29-14-12-28(3)13-15-29/h5-11,16-17,27H,4,12-15H2,1-3H3/t17-/m1/s1. The summed E-state index contributed by atoms with van der Waals surface area (Å²) in [5.41, 5.74) is 1.10. The van der Waals surface area contributed by atoms with Crippen molar-refractivity contribution in [1.82, 2.24) is 24.4 Å². The van der Waals surface area contributed by atoms with Crippen LogP contribution in [-0.4, -0.2) is 61.3 Å². The van der Waals surface area contributed by atoms with Crippen molar-refractivity contribution in [2.24, 2.45) is 0 Å². The van der Waals surface area contributed by atoms with Gasteiger partial charge in [0.1, 0.15) is 5.75 Å². The Morgan fingerprint density at radius 3 is 2.47 bits per heavy atom. The Labute approximate surface area is 208 Å². The zero-order valence-corrected chi connectivity index (χ0v) is 21.9. The van der Waals surface area contributed by atoms with Crippen molar-refractivity contribution >= 4 is 31.6 Å². The van der Waals surface area contributed by atoms with Gasteiger partial charge in [-0.3, -0.25) is 4.57 Å². The predicted molar refractivity (Wildman–Crippen MR) is 135 cm³/mol. The quantitative estimate of drug-likeness (QED) is 0.459. The number of halogens is 1. The summed E-state index contributed by atoms with van der Waals surface area (Å²) in [5, 5.41) is 8.43. The van der Waals surface area contributed by atoms with Crippen LogP contribution in [0.5, 0.6) is 11.8 Å². The Morgan fingerprint density at radius 1 is 1.09 bits per heavy atom. The molecule has 11 heteroatoms. The predicted octanol–water partition coefficient (Wildman–Crippen LogP) is 3.64. The van der Waals surface area contributed by atoms with Gasteiger partial charge < -0.3 is 14.5 Å². The Bertz CT molecular complexity index is 1220. The van der Waals surface area contributed by atoms with Crippen molar-refractivity contribution in [3.63, 3.8) is 0 Å². The van der Waals surface area contributed by atoms with Gasteiger partial charge in [-0.25, -0.2) is 13.1 Å². The molecule has 1 fully saturated rings. The molecule has 2 aromatic carbocycles. The summed E-state index contributed by atoms with van der Waals surface area (Å²) in [6.07, 6.45) is 0. The summed E-state index contributed by atoms with van der Waals surface area (Å²) in [5.74, 6) is 1.14. The second-order valence-electron chi connectivity index (χ2n) is 8.27. The average molecular weight is 549 g/mol. The van der Waals surface area contributed by atoms with Crippen LogP contribution in [0.1, 0.15) is 25.7 Å². The van der Waals surface area contributed by atoms with E-state index in [-0.39, 0.29) is 4.90 Å². The molecule has 0 unspecified atom stereocenters. The minimum Gasteiger partial charge on any atom is -0.424 e. The maximum atomic E-state index is 12.8. The molecule has 34 heavy (non-hydrogen) atoms. The van der Waals surface area contributed by atoms with E-state index in [0.29, 0.717) is 24.1 Å². The first-order chi connectivity index (χ1) is 16.3. The normalized spacial score (nSPS) is 15.9. The molecule has 0 radical (unpaired) electrons. The highest BCUT2D eigenvalue weighted by molar-refractivity contribution is 9.10. The Morgan fingerprint density at radius 2 is 1.79 bits per heavy atom. The fourth-order valence-electron chi connectivity index (χ4n) is 3.87. The Balaban J connectivity index is 1.50. The van der Waals surface area contributed by atoms with Crippen LogP contribution in [0.2, 0.25) is 0 Å². The molecule has 1 aliphatic rings. The second-order valence-corrected chi connectivity index (χ2v) is 10.9. The van der Waals surface area contributed by atoms with Crippen molar-refractivity contribution < 1.29 is 13.2 Å². The van der Waals surface area contributed by atoms with Crippen LogP contribution in [0.4, 0.5) is 5.69 Å². The molecule has 4 rings (SSSR count). The first-order valence-corrected chi connectivity index (χ1v) is 13.5. The van der Waals surface area contributed by atoms with E-state index in [9.17, 15) is 8.42 Å². The van der Waals surface area contributed by atoms with Crippen molar-refractivity contribution in [2.45, 2.75) is 31.3 Å². The number of anilines is 1. The third-order valence-electron chi connectivity index (χ3n) is 5.80. The summed E-state index contributed by atoms with van der Waals surface area (Å²) in [6, 6.07) is 14.1. The van der Waals surface area contributed by atoms with E-state index in [1.807, 2.05) is 25.1 Å². The number of sulfonamides is 1. The molecule has 0 aliphatic carbocycles. The smallest absolute Gasteiger partial charge is 0.322 e. The van der Waals surface area contributed by atoms with Crippen molar-refractivity contribution in [1.29, 1.82) is 0 Å². The Kier molecular flexibility index (Phi) is 7.56. The lowest BCUT2D eigenvalue weighted by molar-refractivity contribution is 0.312. The van der Waals surface area contributed by atoms with Crippen LogP contribution < -0.4 is 14.4 Å². The lowest BCUT2D eigenvalue weighted by Gasteiger charge is -2.34. The monoisotopic (exact) mass is 548 g/mol. The highest BCUT2D eigenvalue weighted by atomic mass is 79.9. The number of aromatic nitrogens is 3. The van der Waals surface area contributed by atoms with E-state index in [1.54, 1.807) is 35.8 Å². The molecule has 1 atom stereocenters. The third kappa shape index (κ3) is 5.60. The summed E-state index contributed by atoms with van der Waals surface area (Å²) in [6.45, 7) is 8.18. The van der Waals surface area contributed by atoms with Crippen molar-refractivity contribution in [3.05, 3.63) is 58.8 Å². The maximum Gasteiger partial charge on any atom is 0.322 e. The van der Waals surface area contributed by atoms with Crippen LogP contribution in [0, 0.1) is 0 Å². The van der Waals surface area contributed by atoms with E-state index in [2.05, 4.69) is 53.8 Å². The number of benzene rings is 2. The van der Waals surface area contributed by atoms with Crippen LogP contribution >= 0.6 is 15.9 Å². The van der Waals surface area contributed by atoms with Crippen molar-refractivity contribution in [3.8, 4) is 11.8 Å². The van der Waals surface area contributed by atoms with E-state index in [4.69, 9.17) is 4.74 Å². The lowest BCUT2D eigenvalue weighted by atomic mass is 10.2. The molecule has 1 aromatic heterocycles. The number of likely N-dealkylation sites (N-methyl/N-ethyl adjacent to an activating group) is 1. The van der Waals surface area contributed by atoms with Crippen molar-refractivity contribution in [2.75, 3.05) is 38.1 Å². The first-order valence-electron chi connectivity index (χ1n) is 11.2. The van der Waals surface area contributed by atoms with Crippen LogP contribution in [-0.2, 0) is 16.6 Å². The van der Waals surface area contributed by atoms with Gasteiger partial charge in [-0.15, -0.1) is 5.10 Å². The molecule has 182 valence electrons. The number of piperazine rings is 1. The van der Waals surface area contributed by atoms with Crippen LogP contribution in [0.3, 0.4) is 0 Å². The zero-order valence-electron chi connectivity index (χ0n) is 19.5. The molecule has 1 saturated heterocycles. The highest BCUT2D eigenvalue weighted by Crippen LogP contribution is 2.28. The van der Waals surface area contributed by atoms with E-state index in [0.717, 1.165) is 36.3 Å². The fraction of sp³-hybridized carbons (Fsp3) is 0.391. The number of hydrogen-bond acceptors (Lipinski definition) is 7. The summed E-state index contributed by atoms with van der Waals surface area (Å²) < 4.78 is 37.0. The highest BCUT2D eigenvalue weighted by Gasteiger charge is 2.24. The van der Waals surface area contributed by atoms with Crippen LogP contribution in [0.15, 0.2) is 57.9 Å². The SMILES string of the molecule is CCn1c(Oc2cccc(N3CCN(C)CC3)c2)nnc1[C@@H](C)NS(=O)(=O)c1ccc(Br)cc1. The fourth-order valence-corrected chi connectivity index (χ4v) is 5.34. The number of hydrogen-bond donors (Lipinski definition) is 1. The van der Waals surface area contributed by atoms with Gasteiger partial charge in [0.2, 0.25) is 10.0 Å². The molecule has 3 aromatic rings. The molecule has 1 N–H and O–H groups in total. The maximum absolute atomic E-state index is 12.8. The molecule has 2 heterocycles. The minimum absolute atomic E-state index is 0.183. The average Bonchev–Trinajstić information content (AvgIpc) is 3.22. The van der Waals surface area contributed by atoms with Gasteiger partial charge in [0, 0.05) is 49.0 Å². The van der Waals surface area contributed by atoms with Gasteiger partial charge in [-0.05, 0) is 57.3 Å². The molecular formula is C23H29BrN6O3S. The Hall–Kier alpha value is -2.47. The molecule has 0 saturated carbocycles. The number of ether oxygens (including phenoxy) is 1. The van der Waals surface area contributed by atoms with Gasteiger partial charge >= 0.3 is 6.01 Å². The molecular weight excluding hydrogens is 520 g/mol. The minimum atomic E-state index is -3.72. The molecule has 1 aliphatic heterocycles. The van der Waals surface area contributed by atoms with Gasteiger partial charge in [0.25, 0.3) is 0 Å². The summed E-state index contributed by atoms with van der Waals surface area (Å²) in [7, 11) is -1.59. The van der Waals surface area contributed by atoms with E-state index in [1.165, 1.54) is 0 Å². The summed E-state index contributed by atoms with van der Waals surface area (Å²) in [4.78, 5) is 4.83. The number of nitrogens with one attached hydrogen (secondary N) is 1. The van der Waals surface area contributed by atoms with Gasteiger partial charge in [0.05, 0.1) is 10.9 Å². The molecule has 0 amide bonds. The third-order valence-corrected chi connectivity index (χ3v) is 7.89. The first kappa shape index (κ1) is 24.6. The van der Waals surface area contributed by atoms with Crippen LogP contribution in [0.25, 0.3) is 0 Å². The topological polar surface area (TPSA) is 92.6 Å². The summed E-state index contributed by atoms with van der Waals surface area (Å²) >= 11 is 3.32. The van der Waals surface area contributed by atoms with E-state index < -0.39 is 16.1 Å². The largest absolute Gasteiger partial charge is 0.424 e. The second kappa shape index (κ2) is 10.4. The number of rotatable bonds is 8. The molecule has 0 spiro atoms. The lowest BCUT2D eigenvalue weighted by Crippen LogP contribution is -2.44. The van der Waals surface area contributed by atoms with Gasteiger partial charge in [-0.1, -0.05) is 27.1 Å². The molecule has 9 nitrogen and oxygen atoms in total. The number of nitrogens with zero attached hydrogens (tertiary/aromatic N) is 5. The van der Waals surface area contributed by atoms with E-state index >= 15 is 0 Å².